The summed E-state index contributed by atoms with van der Waals surface area (Å²) in [5.74, 6) is 0. The van der Waals surface area contributed by atoms with Gasteiger partial charge < -0.3 is 10.0 Å². The van der Waals surface area contributed by atoms with Gasteiger partial charge in [-0.25, -0.2) is 4.79 Å². The largest absolute Gasteiger partial charge is 0.465 e. The van der Waals surface area contributed by atoms with Crippen molar-refractivity contribution in [2.24, 2.45) is 0 Å². The van der Waals surface area contributed by atoms with Gasteiger partial charge >= 0.3 is 6.09 Å². The molecule has 15 heavy (non-hydrogen) atoms. The van der Waals surface area contributed by atoms with Crippen LogP contribution in [0.1, 0.15) is 19.3 Å². The number of likely N-dealkylation sites (tertiary alicyclic amines) is 1. The molecule has 0 spiro atoms. The quantitative estimate of drug-likeness (QED) is 0.579. The van der Waals surface area contributed by atoms with Crippen molar-refractivity contribution in [3.8, 4) is 0 Å². The first kappa shape index (κ1) is 12.0. The summed E-state index contributed by atoms with van der Waals surface area (Å²) in [7, 11) is 1.45. The van der Waals surface area contributed by atoms with Crippen LogP contribution in [0.3, 0.4) is 0 Å². The first-order chi connectivity index (χ1) is 7.11. The minimum atomic E-state index is -1.02. The highest BCUT2D eigenvalue weighted by atomic mass is 32.1. The van der Waals surface area contributed by atoms with Gasteiger partial charge in [0, 0.05) is 26.3 Å². The summed E-state index contributed by atoms with van der Waals surface area (Å²) in [6, 6.07) is 0. The van der Waals surface area contributed by atoms with Gasteiger partial charge in [-0.3, -0.25) is 4.90 Å². The number of amides is 1. The van der Waals surface area contributed by atoms with E-state index < -0.39 is 6.09 Å². The number of likely N-dealkylation sites (N-methyl/N-ethyl adjacent to an activating group) is 1. The third-order valence-electron chi connectivity index (χ3n) is 2.44. The number of hydrogen-bond acceptors (Lipinski definition) is 3. The van der Waals surface area contributed by atoms with Gasteiger partial charge in [-0.2, -0.15) is 0 Å². The maximum Gasteiger partial charge on any atom is 0.412 e. The second-order valence-electron chi connectivity index (χ2n) is 3.59. The van der Waals surface area contributed by atoms with Crippen molar-refractivity contribution in [2.75, 3.05) is 20.1 Å². The third kappa shape index (κ3) is 3.87. The van der Waals surface area contributed by atoms with Crippen LogP contribution in [0.5, 0.6) is 0 Å². The topological polar surface area (TPSA) is 43.8 Å². The van der Waals surface area contributed by atoms with Gasteiger partial charge in [-0.15, -0.1) is 0 Å². The van der Waals surface area contributed by atoms with Gasteiger partial charge in [0.25, 0.3) is 0 Å². The Kier molecular flexibility index (Phi) is 4.55. The molecule has 0 atom stereocenters. The Labute approximate surface area is 95.2 Å². The van der Waals surface area contributed by atoms with Crippen molar-refractivity contribution in [3.05, 3.63) is 12.3 Å². The van der Waals surface area contributed by atoms with Gasteiger partial charge in [-0.05, 0) is 25.3 Å². The van der Waals surface area contributed by atoms with E-state index in [4.69, 9.17) is 17.3 Å². The molecule has 1 rings (SSSR count). The first-order valence-corrected chi connectivity index (χ1v) is 5.45. The van der Waals surface area contributed by atoms with Crippen LogP contribution in [0.4, 0.5) is 4.79 Å². The van der Waals surface area contributed by atoms with E-state index in [0.29, 0.717) is 4.99 Å². The molecule has 0 aromatic heterocycles. The lowest BCUT2D eigenvalue weighted by Gasteiger charge is -2.25. The maximum atomic E-state index is 10.6. The standard InChI is InChI=1S/C10H16N2O2S/c1-11(10(13)14)9(15)5-8-12-6-3-2-4-7-12/h5,8H,2-4,6-7H2,1H3,(H,13,14). The number of piperidine rings is 1. The molecule has 1 amide bonds. The van der Waals surface area contributed by atoms with Crippen molar-refractivity contribution in [1.82, 2.24) is 9.80 Å². The fourth-order valence-corrected chi connectivity index (χ4v) is 1.58. The molecule has 1 fully saturated rings. The molecule has 1 N–H and O–H groups in total. The van der Waals surface area contributed by atoms with Crippen LogP contribution in [0.15, 0.2) is 12.3 Å². The average Bonchev–Trinajstić information content (AvgIpc) is 2.26. The van der Waals surface area contributed by atoms with Crippen LogP contribution in [0, 0.1) is 0 Å². The summed E-state index contributed by atoms with van der Waals surface area (Å²) in [6.07, 6.45) is 6.22. The Morgan fingerprint density at radius 1 is 1.40 bits per heavy atom. The van der Waals surface area contributed by atoms with Crippen molar-refractivity contribution >= 4 is 23.3 Å². The number of carbonyl (C=O) groups is 1. The zero-order valence-corrected chi connectivity index (χ0v) is 9.66. The van der Waals surface area contributed by atoms with Crippen LogP contribution in [-0.4, -0.2) is 46.1 Å². The lowest BCUT2D eigenvalue weighted by Crippen LogP contribution is -2.30. The molecule has 0 aliphatic carbocycles. The van der Waals surface area contributed by atoms with E-state index in [2.05, 4.69) is 4.90 Å². The summed E-state index contributed by atoms with van der Waals surface area (Å²) in [6.45, 7) is 2.08. The predicted molar refractivity (Wildman–Crippen MR) is 62.9 cm³/mol. The number of thiocarbonyl (C=S) groups is 1. The SMILES string of the molecule is CN(C(=O)O)C(=S)C=CN1CCCCC1. The Hall–Kier alpha value is -1.10. The summed E-state index contributed by atoms with van der Waals surface area (Å²) >= 11 is 4.95. The van der Waals surface area contributed by atoms with E-state index in [0.717, 1.165) is 18.0 Å². The van der Waals surface area contributed by atoms with Gasteiger partial charge in [0.2, 0.25) is 0 Å². The van der Waals surface area contributed by atoms with Crippen LogP contribution < -0.4 is 0 Å². The van der Waals surface area contributed by atoms with Crippen molar-refractivity contribution < 1.29 is 9.90 Å². The zero-order valence-electron chi connectivity index (χ0n) is 8.85. The van der Waals surface area contributed by atoms with Crippen molar-refractivity contribution in [3.63, 3.8) is 0 Å². The predicted octanol–water partition coefficient (Wildman–Crippen LogP) is 1.92. The second kappa shape index (κ2) is 5.70. The Bertz CT molecular complexity index is 273. The van der Waals surface area contributed by atoms with E-state index >= 15 is 0 Å². The summed E-state index contributed by atoms with van der Waals surface area (Å²) in [4.78, 5) is 14.1. The molecule has 0 bridgehead atoms. The smallest absolute Gasteiger partial charge is 0.412 e. The van der Waals surface area contributed by atoms with E-state index in [1.54, 1.807) is 6.08 Å². The summed E-state index contributed by atoms with van der Waals surface area (Å²) < 4.78 is 0. The molecule has 0 aromatic rings. The first-order valence-electron chi connectivity index (χ1n) is 5.04. The molecule has 0 saturated carbocycles. The zero-order chi connectivity index (χ0) is 11.3. The van der Waals surface area contributed by atoms with Gasteiger partial charge in [0.1, 0.15) is 4.99 Å². The van der Waals surface area contributed by atoms with E-state index in [1.165, 1.54) is 26.3 Å². The second-order valence-corrected chi connectivity index (χ2v) is 4.01. The summed E-state index contributed by atoms with van der Waals surface area (Å²) in [5.41, 5.74) is 0. The normalized spacial score (nSPS) is 16.7. The highest BCUT2D eigenvalue weighted by Crippen LogP contribution is 2.08. The van der Waals surface area contributed by atoms with Crippen LogP contribution in [0.2, 0.25) is 0 Å². The molecular formula is C10H16N2O2S. The molecule has 1 aliphatic rings. The molecule has 0 unspecified atom stereocenters. The fourth-order valence-electron chi connectivity index (χ4n) is 1.44. The van der Waals surface area contributed by atoms with E-state index in [1.807, 2.05) is 6.20 Å². The lowest BCUT2D eigenvalue weighted by atomic mass is 10.1. The maximum absolute atomic E-state index is 10.6. The molecular weight excluding hydrogens is 212 g/mol. The van der Waals surface area contributed by atoms with Gasteiger partial charge in [0.05, 0.1) is 0 Å². The molecule has 4 nitrogen and oxygen atoms in total. The molecule has 0 aromatic carbocycles. The van der Waals surface area contributed by atoms with Crippen molar-refractivity contribution in [2.45, 2.75) is 19.3 Å². The van der Waals surface area contributed by atoms with E-state index in [9.17, 15) is 4.79 Å². The highest BCUT2D eigenvalue weighted by Gasteiger charge is 2.09. The fraction of sp³-hybridized carbons (Fsp3) is 0.600. The Morgan fingerprint density at radius 3 is 2.53 bits per heavy atom. The van der Waals surface area contributed by atoms with Gasteiger partial charge in [-0.1, -0.05) is 12.2 Å². The Balaban J connectivity index is 2.42. The van der Waals surface area contributed by atoms with Crippen LogP contribution >= 0.6 is 12.2 Å². The van der Waals surface area contributed by atoms with Crippen molar-refractivity contribution in [1.29, 1.82) is 0 Å². The van der Waals surface area contributed by atoms with E-state index in [-0.39, 0.29) is 0 Å². The molecule has 1 saturated heterocycles. The minimum absolute atomic E-state index is 0.327. The molecule has 5 heteroatoms. The molecule has 0 radical (unpaired) electrons. The average molecular weight is 228 g/mol. The van der Waals surface area contributed by atoms with Crippen LogP contribution in [-0.2, 0) is 0 Å². The number of rotatable bonds is 2. The molecule has 84 valence electrons. The lowest BCUT2D eigenvalue weighted by molar-refractivity contribution is 0.176. The number of hydrogen-bond donors (Lipinski definition) is 1. The number of carboxylic acid groups (broad SMARTS) is 1. The minimum Gasteiger partial charge on any atom is -0.465 e. The molecule has 1 aliphatic heterocycles. The van der Waals surface area contributed by atoms with Gasteiger partial charge in [0.15, 0.2) is 0 Å². The monoisotopic (exact) mass is 228 g/mol. The Morgan fingerprint density at radius 2 is 2.00 bits per heavy atom. The summed E-state index contributed by atoms with van der Waals surface area (Å²) in [5, 5.41) is 8.68. The third-order valence-corrected chi connectivity index (χ3v) is 2.85. The molecule has 1 heterocycles. The number of nitrogens with zero attached hydrogens (tertiary/aromatic N) is 2. The highest BCUT2D eigenvalue weighted by molar-refractivity contribution is 7.80. The van der Waals surface area contributed by atoms with Crippen LogP contribution in [0.25, 0.3) is 0 Å².